The fourth-order valence-electron chi connectivity index (χ4n) is 15.2. The van der Waals surface area contributed by atoms with Gasteiger partial charge in [0.15, 0.2) is 0 Å². The molecule has 6 aromatic carbocycles. The summed E-state index contributed by atoms with van der Waals surface area (Å²) in [5.74, 6) is 5.63. The van der Waals surface area contributed by atoms with Gasteiger partial charge in [-0.25, -0.2) is 0 Å². The van der Waals surface area contributed by atoms with Crippen molar-refractivity contribution in [3.8, 4) is 22.3 Å². The Bertz CT molecular complexity index is 2450. The van der Waals surface area contributed by atoms with Crippen LogP contribution in [0.25, 0.3) is 22.3 Å². The highest BCUT2D eigenvalue weighted by atomic mass is 15.1. The second-order valence-corrected chi connectivity index (χ2v) is 20.3. The fraction of sp³-hybridized carbons (Fsp3) is 0.368. The van der Waals surface area contributed by atoms with Gasteiger partial charge in [0.2, 0.25) is 0 Å². The van der Waals surface area contributed by atoms with Crippen LogP contribution in [-0.2, 0) is 17.3 Å². The van der Waals surface area contributed by atoms with Crippen LogP contribution < -0.4 is 4.90 Å². The van der Waals surface area contributed by atoms with Crippen molar-refractivity contribution >= 4 is 17.1 Å². The van der Waals surface area contributed by atoms with Crippen LogP contribution in [0.2, 0.25) is 0 Å². The van der Waals surface area contributed by atoms with Gasteiger partial charge >= 0.3 is 0 Å². The van der Waals surface area contributed by atoms with Gasteiger partial charge in [-0.05, 0) is 197 Å². The Morgan fingerprint density at radius 1 is 0.431 bits per heavy atom. The molecule has 0 aromatic heterocycles. The summed E-state index contributed by atoms with van der Waals surface area (Å²) in [6.07, 6.45) is 18.7. The largest absolute Gasteiger partial charge is 0.310 e. The Morgan fingerprint density at radius 3 is 1.45 bits per heavy atom. The Balaban J connectivity index is 0.935. The Morgan fingerprint density at radius 2 is 0.897 bits per heavy atom. The van der Waals surface area contributed by atoms with E-state index in [1.165, 1.54) is 151 Å². The third-order valence-corrected chi connectivity index (χ3v) is 17.0. The zero-order chi connectivity index (χ0) is 38.0. The molecule has 288 valence electrons. The average Bonchev–Trinajstić information content (AvgIpc) is 3.71. The second kappa shape index (κ2) is 12.8. The molecule has 8 aliphatic carbocycles. The maximum atomic E-state index is 2.57. The van der Waals surface area contributed by atoms with Crippen LogP contribution in [0.5, 0.6) is 0 Å². The number of hydrogen-bond acceptors (Lipinski definition) is 1. The van der Waals surface area contributed by atoms with Crippen LogP contribution in [0.1, 0.15) is 110 Å². The van der Waals surface area contributed by atoms with Crippen LogP contribution in [0.15, 0.2) is 140 Å². The molecule has 0 heterocycles. The molecule has 8 aliphatic rings. The number of fused-ring (bicyclic) bond motifs is 12. The lowest BCUT2D eigenvalue weighted by atomic mass is 9.48. The first-order valence-electron chi connectivity index (χ1n) is 23.0. The molecule has 2 atom stereocenters. The maximum absolute atomic E-state index is 2.57. The molecule has 0 amide bonds. The molecule has 58 heavy (non-hydrogen) atoms. The van der Waals surface area contributed by atoms with E-state index in [2.05, 4.69) is 144 Å². The molecule has 14 rings (SSSR count). The summed E-state index contributed by atoms with van der Waals surface area (Å²) < 4.78 is 0. The van der Waals surface area contributed by atoms with Gasteiger partial charge in [-0.3, -0.25) is 0 Å². The monoisotopic (exact) mass is 753 g/mol. The molecule has 6 saturated carbocycles. The molecule has 0 saturated heterocycles. The van der Waals surface area contributed by atoms with Gasteiger partial charge in [0.25, 0.3) is 0 Å². The number of hydrogen-bond donors (Lipinski definition) is 0. The Labute approximate surface area is 345 Å². The second-order valence-electron chi connectivity index (χ2n) is 20.3. The van der Waals surface area contributed by atoms with Gasteiger partial charge in [-0.15, -0.1) is 0 Å². The van der Waals surface area contributed by atoms with Crippen molar-refractivity contribution in [2.75, 3.05) is 4.90 Å². The van der Waals surface area contributed by atoms with Crippen molar-refractivity contribution in [2.24, 2.45) is 35.5 Å². The average molecular weight is 754 g/mol. The van der Waals surface area contributed by atoms with Crippen LogP contribution in [0, 0.1) is 35.5 Å². The van der Waals surface area contributed by atoms with E-state index in [4.69, 9.17) is 0 Å². The van der Waals surface area contributed by atoms with E-state index in [0.717, 1.165) is 35.5 Å². The van der Waals surface area contributed by atoms with Crippen LogP contribution in [0.4, 0.5) is 17.1 Å². The summed E-state index contributed by atoms with van der Waals surface area (Å²) >= 11 is 0. The van der Waals surface area contributed by atoms with Gasteiger partial charge in [-0.2, -0.15) is 0 Å². The van der Waals surface area contributed by atoms with Gasteiger partial charge in [0.05, 0.1) is 5.41 Å². The summed E-state index contributed by atoms with van der Waals surface area (Å²) in [5, 5.41) is 0. The maximum Gasteiger partial charge on any atom is 0.0726 e. The summed E-state index contributed by atoms with van der Waals surface area (Å²) in [6, 6.07) is 54.8. The van der Waals surface area contributed by atoms with Crippen LogP contribution >= 0.6 is 0 Å². The lowest BCUT2D eigenvalue weighted by Crippen LogP contribution is -2.48. The van der Waals surface area contributed by atoms with Crippen molar-refractivity contribution in [2.45, 2.75) is 94.3 Å². The zero-order valence-electron chi connectivity index (χ0n) is 33.9. The molecule has 0 aliphatic heterocycles. The molecule has 1 spiro atoms. The topological polar surface area (TPSA) is 3.24 Å². The van der Waals surface area contributed by atoms with E-state index in [0.29, 0.717) is 5.41 Å². The first-order chi connectivity index (χ1) is 28.6. The highest BCUT2D eigenvalue weighted by molar-refractivity contribution is 5.96. The third-order valence-electron chi connectivity index (χ3n) is 17.0. The SMILES string of the molecule is c1ccc2c(c1)-c1ccccc1C21c2ccccc2-c2ccc(N(c3ccc(CC4CC5CCCC(C5)C4)cc3)c3ccc(C45CC6CC(CC(C6)C4)C5)cc3)cc21. The summed E-state index contributed by atoms with van der Waals surface area (Å²) in [6.45, 7) is 0. The number of anilines is 3. The molecule has 1 heteroatoms. The van der Waals surface area contributed by atoms with Gasteiger partial charge in [-0.1, -0.05) is 122 Å². The van der Waals surface area contributed by atoms with Crippen LogP contribution in [0.3, 0.4) is 0 Å². The van der Waals surface area contributed by atoms with E-state index in [9.17, 15) is 0 Å². The number of nitrogens with zero attached hydrogens (tertiary/aromatic N) is 1. The molecule has 0 radical (unpaired) electrons. The normalized spacial score (nSPS) is 28.8. The lowest BCUT2D eigenvalue weighted by Gasteiger charge is -2.57. The van der Waals surface area contributed by atoms with Crippen molar-refractivity contribution in [1.29, 1.82) is 0 Å². The van der Waals surface area contributed by atoms with E-state index in [-0.39, 0.29) is 5.41 Å². The smallest absolute Gasteiger partial charge is 0.0726 e. The predicted octanol–water partition coefficient (Wildman–Crippen LogP) is 14.7. The molecular weight excluding hydrogens is 699 g/mol. The number of rotatable bonds is 6. The van der Waals surface area contributed by atoms with Crippen molar-refractivity contribution < 1.29 is 0 Å². The van der Waals surface area contributed by atoms with Gasteiger partial charge in [0, 0.05) is 17.1 Å². The lowest BCUT2D eigenvalue weighted by molar-refractivity contribution is -0.00518. The highest BCUT2D eigenvalue weighted by Gasteiger charge is 2.53. The molecule has 1 nitrogen and oxygen atoms in total. The molecule has 0 N–H and O–H groups in total. The Kier molecular flexibility index (Phi) is 7.51. The quantitative estimate of drug-likeness (QED) is 0.163. The van der Waals surface area contributed by atoms with E-state index < -0.39 is 0 Å². The zero-order valence-corrected chi connectivity index (χ0v) is 33.9. The summed E-state index contributed by atoms with van der Waals surface area (Å²) in [7, 11) is 0. The predicted molar refractivity (Wildman–Crippen MR) is 239 cm³/mol. The minimum absolute atomic E-state index is 0.356. The first-order valence-corrected chi connectivity index (χ1v) is 23.0. The minimum atomic E-state index is -0.356. The molecule has 6 aromatic rings. The Hall–Kier alpha value is -4.88. The standard InChI is InChI=1S/C57H55N/c1-4-13-52-48(10-1)49-11-2-5-14-53(49)57(52)54-15-6-3-12-50(54)51-25-24-47(33-55(51)57)58(45-20-16-37(17-21-45)26-40-28-38-8-7-9-39(27-38)29-40)46-22-18-44(19-23-46)56-34-41-30-42(35-56)32-43(31-41)36-56/h1-6,10-25,33,38-43H,7-9,26-32,34-36H2. The fourth-order valence-corrected chi connectivity index (χ4v) is 15.2. The van der Waals surface area contributed by atoms with Crippen molar-refractivity contribution in [3.63, 3.8) is 0 Å². The first kappa shape index (κ1) is 34.0. The van der Waals surface area contributed by atoms with E-state index >= 15 is 0 Å². The molecular formula is C57H55N. The molecule has 6 fully saturated rings. The van der Waals surface area contributed by atoms with Crippen molar-refractivity contribution in [3.05, 3.63) is 173 Å². The van der Waals surface area contributed by atoms with Gasteiger partial charge < -0.3 is 4.90 Å². The van der Waals surface area contributed by atoms with Crippen molar-refractivity contribution in [1.82, 2.24) is 0 Å². The molecule has 2 unspecified atom stereocenters. The number of benzene rings is 6. The van der Waals surface area contributed by atoms with E-state index in [1.54, 1.807) is 5.56 Å². The summed E-state index contributed by atoms with van der Waals surface area (Å²) in [4.78, 5) is 2.57. The van der Waals surface area contributed by atoms with Gasteiger partial charge in [0.1, 0.15) is 0 Å². The minimum Gasteiger partial charge on any atom is -0.310 e. The molecule has 6 bridgehead atoms. The summed E-state index contributed by atoms with van der Waals surface area (Å²) in [5.41, 5.74) is 18.0. The van der Waals surface area contributed by atoms with E-state index in [1.807, 2.05) is 0 Å². The highest BCUT2D eigenvalue weighted by Crippen LogP contribution is 2.64. The third kappa shape index (κ3) is 5.01. The van der Waals surface area contributed by atoms with Crippen LogP contribution in [-0.4, -0.2) is 0 Å².